The Bertz CT molecular complexity index is 1100. The van der Waals surface area contributed by atoms with Gasteiger partial charge in [0, 0.05) is 24.9 Å². The molecule has 1 atom stereocenters. The number of amides is 1. The summed E-state index contributed by atoms with van der Waals surface area (Å²) in [6.45, 7) is 1.19. The summed E-state index contributed by atoms with van der Waals surface area (Å²) in [5, 5.41) is 6.18. The van der Waals surface area contributed by atoms with E-state index in [0.717, 1.165) is 34.7 Å². The van der Waals surface area contributed by atoms with Crippen LogP contribution in [0.4, 0.5) is 0 Å². The number of likely N-dealkylation sites (tertiary alicyclic amines) is 1. The number of rotatable bonds is 4. The van der Waals surface area contributed by atoms with Crippen molar-refractivity contribution in [1.29, 1.82) is 0 Å². The number of hydrogen-bond donors (Lipinski definition) is 0. The third-order valence-electron chi connectivity index (χ3n) is 5.33. The molecule has 0 bridgehead atoms. The number of hydrogen-bond acceptors (Lipinski definition) is 4. The number of thiophene rings is 1. The number of fused-ring (bicyclic) bond motifs is 1. The average molecular weight is 414 g/mol. The van der Waals surface area contributed by atoms with Crippen LogP contribution in [0.2, 0.25) is 0 Å². The summed E-state index contributed by atoms with van der Waals surface area (Å²) in [7, 11) is -3.04. The van der Waals surface area contributed by atoms with Crippen molar-refractivity contribution in [1.82, 2.24) is 4.90 Å². The highest BCUT2D eigenvalue weighted by Crippen LogP contribution is 2.33. The van der Waals surface area contributed by atoms with E-state index >= 15 is 0 Å². The summed E-state index contributed by atoms with van der Waals surface area (Å²) in [6, 6.07) is 14.0. The lowest BCUT2D eigenvalue weighted by Crippen LogP contribution is -2.41. The standard InChI is InChI=1S/C22H23NO3S2/c1-28(25,26)15-16-5-4-11-23(13-16)22(24)21-9-8-18(17-10-12-27-14-17)19-6-2-3-7-20(19)21/h2-3,6-10,12,14,16H,4-5,11,13,15H2,1H3. The van der Waals surface area contributed by atoms with Gasteiger partial charge in [0.15, 0.2) is 0 Å². The van der Waals surface area contributed by atoms with Crippen molar-refractivity contribution < 1.29 is 13.2 Å². The lowest BCUT2D eigenvalue weighted by molar-refractivity contribution is 0.0686. The second-order valence-corrected chi connectivity index (χ2v) is 10.5. The van der Waals surface area contributed by atoms with E-state index in [9.17, 15) is 13.2 Å². The van der Waals surface area contributed by atoms with E-state index in [1.165, 1.54) is 6.26 Å². The molecule has 1 aliphatic heterocycles. The zero-order chi connectivity index (χ0) is 19.7. The third kappa shape index (κ3) is 3.98. The van der Waals surface area contributed by atoms with Crippen LogP contribution in [0.3, 0.4) is 0 Å². The van der Waals surface area contributed by atoms with Gasteiger partial charge >= 0.3 is 0 Å². The number of carbonyl (C=O) groups excluding carboxylic acids is 1. The molecule has 146 valence electrons. The Balaban J connectivity index is 1.67. The second kappa shape index (κ2) is 7.68. The summed E-state index contributed by atoms with van der Waals surface area (Å²) in [5.74, 6) is 0.157. The summed E-state index contributed by atoms with van der Waals surface area (Å²) in [4.78, 5) is 15.1. The minimum absolute atomic E-state index is 0.00808. The Morgan fingerprint density at radius 1 is 1.14 bits per heavy atom. The molecule has 0 radical (unpaired) electrons. The first kappa shape index (κ1) is 19.2. The van der Waals surface area contributed by atoms with E-state index in [-0.39, 0.29) is 17.6 Å². The van der Waals surface area contributed by atoms with Crippen molar-refractivity contribution >= 4 is 37.9 Å². The van der Waals surface area contributed by atoms with Gasteiger partial charge in [-0.25, -0.2) is 8.42 Å². The Labute approximate surface area is 169 Å². The molecule has 1 aliphatic rings. The van der Waals surface area contributed by atoms with Crippen molar-refractivity contribution in [2.75, 3.05) is 25.1 Å². The van der Waals surface area contributed by atoms with Crippen molar-refractivity contribution in [2.24, 2.45) is 5.92 Å². The fraction of sp³-hybridized carbons (Fsp3) is 0.318. The van der Waals surface area contributed by atoms with Crippen molar-refractivity contribution in [3.8, 4) is 11.1 Å². The molecule has 0 N–H and O–H groups in total. The summed E-state index contributed by atoms with van der Waals surface area (Å²) in [6.07, 6.45) is 2.97. The maximum absolute atomic E-state index is 13.3. The van der Waals surface area contributed by atoms with Gasteiger partial charge < -0.3 is 4.90 Å². The number of piperidine rings is 1. The van der Waals surface area contributed by atoms with Crippen molar-refractivity contribution in [3.63, 3.8) is 0 Å². The van der Waals surface area contributed by atoms with Crippen molar-refractivity contribution in [2.45, 2.75) is 12.8 Å². The molecule has 1 fully saturated rings. The van der Waals surface area contributed by atoms with Crippen molar-refractivity contribution in [3.05, 3.63) is 58.8 Å². The molecular formula is C22H23NO3S2. The van der Waals surface area contributed by atoms with Gasteiger partial charge in [0.25, 0.3) is 5.91 Å². The highest BCUT2D eigenvalue weighted by Gasteiger charge is 2.27. The summed E-state index contributed by atoms with van der Waals surface area (Å²) >= 11 is 1.66. The van der Waals surface area contributed by atoms with E-state index in [0.29, 0.717) is 18.7 Å². The molecule has 4 rings (SSSR count). The molecule has 6 heteroatoms. The summed E-state index contributed by atoms with van der Waals surface area (Å²) < 4.78 is 23.3. The predicted octanol–water partition coefficient (Wildman–Crippen LogP) is 4.47. The highest BCUT2D eigenvalue weighted by molar-refractivity contribution is 7.90. The summed E-state index contributed by atoms with van der Waals surface area (Å²) in [5.41, 5.74) is 2.97. The van der Waals surface area contributed by atoms with Crippen LogP contribution in [-0.4, -0.2) is 44.3 Å². The van der Waals surface area contributed by atoms with E-state index in [1.807, 2.05) is 35.2 Å². The van der Waals surface area contributed by atoms with Gasteiger partial charge in [-0.15, -0.1) is 0 Å². The molecule has 28 heavy (non-hydrogen) atoms. The lowest BCUT2D eigenvalue weighted by Gasteiger charge is -2.32. The first-order valence-corrected chi connectivity index (χ1v) is 12.4. The SMILES string of the molecule is CS(=O)(=O)CC1CCCN(C(=O)c2ccc(-c3ccsc3)c3ccccc23)C1. The normalized spacial score (nSPS) is 17.8. The maximum Gasteiger partial charge on any atom is 0.254 e. The third-order valence-corrected chi connectivity index (χ3v) is 7.09. The van der Waals surface area contributed by atoms with Gasteiger partial charge in [-0.2, -0.15) is 11.3 Å². The molecule has 2 aromatic carbocycles. The molecule has 2 heterocycles. The zero-order valence-electron chi connectivity index (χ0n) is 15.8. The fourth-order valence-electron chi connectivity index (χ4n) is 4.14. The van der Waals surface area contributed by atoms with Crippen LogP contribution in [0, 0.1) is 5.92 Å². The number of benzene rings is 2. The molecule has 0 aliphatic carbocycles. The Hall–Kier alpha value is -2.18. The van der Waals surface area contributed by atoms with Gasteiger partial charge in [-0.05, 0) is 63.6 Å². The average Bonchev–Trinajstić information content (AvgIpc) is 3.20. The number of sulfone groups is 1. The molecule has 1 aromatic heterocycles. The van der Waals surface area contributed by atoms with E-state index in [2.05, 4.69) is 22.9 Å². The van der Waals surface area contributed by atoms with Crippen LogP contribution in [0.5, 0.6) is 0 Å². The minimum atomic E-state index is -3.04. The largest absolute Gasteiger partial charge is 0.338 e. The van der Waals surface area contributed by atoms with Gasteiger partial charge in [0.2, 0.25) is 0 Å². The molecule has 1 amide bonds. The van der Waals surface area contributed by atoms with E-state index in [4.69, 9.17) is 0 Å². The molecule has 1 saturated heterocycles. The van der Waals surface area contributed by atoms with Crippen LogP contribution in [-0.2, 0) is 9.84 Å². The Morgan fingerprint density at radius 2 is 1.93 bits per heavy atom. The minimum Gasteiger partial charge on any atom is -0.338 e. The maximum atomic E-state index is 13.3. The highest BCUT2D eigenvalue weighted by atomic mass is 32.2. The molecular weight excluding hydrogens is 390 g/mol. The van der Waals surface area contributed by atoms with Gasteiger partial charge in [-0.3, -0.25) is 4.79 Å². The predicted molar refractivity (Wildman–Crippen MR) is 116 cm³/mol. The van der Waals surface area contributed by atoms with Crippen LogP contribution in [0.1, 0.15) is 23.2 Å². The van der Waals surface area contributed by atoms with Crippen LogP contribution >= 0.6 is 11.3 Å². The lowest BCUT2D eigenvalue weighted by atomic mass is 9.94. The second-order valence-electron chi connectivity index (χ2n) is 7.57. The van der Waals surface area contributed by atoms with Gasteiger partial charge in [0.05, 0.1) is 5.75 Å². The van der Waals surface area contributed by atoms with Crippen LogP contribution in [0.25, 0.3) is 21.9 Å². The topological polar surface area (TPSA) is 54.5 Å². The van der Waals surface area contributed by atoms with Crippen LogP contribution in [0.15, 0.2) is 53.2 Å². The fourth-order valence-corrected chi connectivity index (χ4v) is 5.92. The Morgan fingerprint density at radius 3 is 2.64 bits per heavy atom. The van der Waals surface area contributed by atoms with Gasteiger partial charge in [-0.1, -0.05) is 30.3 Å². The molecule has 4 nitrogen and oxygen atoms in total. The molecule has 0 saturated carbocycles. The smallest absolute Gasteiger partial charge is 0.254 e. The first-order chi connectivity index (χ1) is 13.4. The van der Waals surface area contributed by atoms with E-state index < -0.39 is 9.84 Å². The Kier molecular flexibility index (Phi) is 5.25. The van der Waals surface area contributed by atoms with Crippen LogP contribution < -0.4 is 0 Å². The van der Waals surface area contributed by atoms with Gasteiger partial charge in [0.1, 0.15) is 9.84 Å². The molecule has 1 unspecified atom stereocenters. The number of nitrogens with zero attached hydrogens (tertiary/aromatic N) is 1. The monoisotopic (exact) mass is 413 g/mol. The molecule has 3 aromatic rings. The van der Waals surface area contributed by atoms with E-state index in [1.54, 1.807) is 11.3 Å². The molecule has 0 spiro atoms. The quantitative estimate of drug-likeness (QED) is 0.634. The number of carbonyl (C=O) groups is 1. The first-order valence-electron chi connectivity index (χ1n) is 9.44. The zero-order valence-corrected chi connectivity index (χ0v) is 17.4.